The van der Waals surface area contributed by atoms with Gasteiger partial charge in [-0.05, 0) is 37.1 Å². The zero-order valence-electron chi connectivity index (χ0n) is 20.4. The highest BCUT2D eigenvalue weighted by Gasteiger charge is 2.24. The molecule has 0 bridgehead atoms. The van der Waals surface area contributed by atoms with Crippen LogP contribution >= 0.6 is 11.8 Å². The lowest BCUT2D eigenvalue weighted by atomic mass is 10.1. The SMILES string of the molecule is COC(=O)c1nn(C2CCOCC2)cc1NC(=O)c1cccc(/C(C=N)=C/NCCCSCCN)n1. The first kappa shape index (κ1) is 27.4. The number of nitrogens with zero attached hydrogens (tertiary/aromatic N) is 3. The Kier molecular flexibility index (Phi) is 10.9. The molecule has 3 rings (SSSR count). The van der Waals surface area contributed by atoms with E-state index in [-0.39, 0.29) is 23.1 Å². The lowest BCUT2D eigenvalue weighted by Gasteiger charge is -2.22. The number of carbonyl (C=O) groups excluding carboxylic acids is 2. The van der Waals surface area contributed by atoms with Crippen LogP contribution in [0.2, 0.25) is 0 Å². The number of methoxy groups -OCH3 is 1. The Hall–Kier alpha value is -3.22. The Bertz CT molecular complexity index is 1070. The van der Waals surface area contributed by atoms with E-state index in [0.717, 1.165) is 37.3 Å². The fourth-order valence-electron chi connectivity index (χ4n) is 3.61. The van der Waals surface area contributed by atoms with Crippen molar-refractivity contribution in [2.75, 3.05) is 50.2 Å². The minimum Gasteiger partial charge on any atom is -0.464 e. The number of aromatic nitrogens is 3. The Morgan fingerprint density at radius 3 is 2.81 bits per heavy atom. The van der Waals surface area contributed by atoms with Crippen molar-refractivity contribution in [2.24, 2.45) is 5.73 Å². The third-order valence-corrected chi connectivity index (χ3v) is 6.59. The Labute approximate surface area is 214 Å². The molecule has 0 atom stereocenters. The molecule has 0 spiro atoms. The Morgan fingerprint density at radius 1 is 1.31 bits per heavy atom. The zero-order chi connectivity index (χ0) is 25.8. The van der Waals surface area contributed by atoms with Crippen molar-refractivity contribution in [1.29, 1.82) is 5.41 Å². The average Bonchev–Trinajstić information content (AvgIpc) is 3.34. The number of anilines is 1. The number of carbonyl (C=O) groups is 2. The summed E-state index contributed by atoms with van der Waals surface area (Å²) < 4.78 is 11.9. The highest BCUT2D eigenvalue weighted by molar-refractivity contribution is 7.99. The molecule has 1 saturated heterocycles. The summed E-state index contributed by atoms with van der Waals surface area (Å²) in [7, 11) is 1.27. The number of nitrogens with one attached hydrogen (secondary N) is 3. The summed E-state index contributed by atoms with van der Waals surface area (Å²) in [5.41, 5.74) is 6.94. The molecule has 36 heavy (non-hydrogen) atoms. The number of ether oxygens (including phenoxy) is 2. The minimum atomic E-state index is -0.639. The normalized spacial score (nSPS) is 14.3. The van der Waals surface area contributed by atoms with E-state index in [0.29, 0.717) is 31.0 Å². The van der Waals surface area contributed by atoms with E-state index in [4.69, 9.17) is 20.6 Å². The van der Waals surface area contributed by atoms with Crippen LogP contribution in [0.15, 0.2) is 30.6 Å². The van der Waals surface area contributed by atoms with Gasteiger partial charge in [0.15, 0.2) is 5.69 Å². The quantitative estimate of drug-likeness (QED) is 0.178. The molecule has 0 radical (unpaired) electrons. The Morgan fingerprint density at radius 2 is 2.08 bits per heavy atom. The van der Waals surface area contributed by atoms with Crippen LogP contribution in [0.5, 0.6) is 0 Å². The molecule has 0 aromatic carbocycles. The topological polar surface area (TPSA) is 157 Å². The first-order valence-corrected chi connectivity index (χ1v) is 13.0. The number of rotatable bonds is 13. The van der Waals surface area contributed by atoms with Gasteiger partial charge in [-0.1, -0.05) is 6.07 Å². The second-order valence-corrected chi connectivity index (χ2v) is 9.25. The monoisotopic (exact) mass is 515 g/mol. The molecule has 0 aliphatic carbocycles. The zero-order valence-corrected chi connectivity index (χ0v) is 21.2. The van der Waals surface area contributed by atoms with Crippen LogP contribution in [-0.4, -0.2) is 77.8 Å². The van der Waals surface area contributed by atoms with Gasteiger partial charge in [0.05, 0.1) is 24.5 Å². The van der Waals surface area contributed by atoms with Crippen molar-refractivity contribution < 1.29 is 19.1 Å². The molecule has 3 heterocycles. The number of pyridine rings is 1. The van der Waals surface area contributed by atoms with Gasteiger partial charge in [-0.15, -0.1) is 0 Å². The molecule has 0 saturated carbocycles. The molecule has 12 heteroatoms. The summed E-state index contributed by atoms with van der Waals surface area (Å²) in [6.07, 6.45) is 7.04. The number of hydrogen-bond acceptors (Lipinski definition) is 10. The van der Waals surface area contributed by atoms with E-state index >= 15 is 0 Å². The van der Waals surface area contributed by atoms with E-state index in [2.05, 4.69) is 20.7 Å². The second-order valence-electron chi connectivity index (χ2n) is 8.02. The lowest BCUT2D eigenvalue weighted by Crippen LogP contribution is -2.20. The smallest absolute Gasteiger partial charge is 0.360 e. The van der Waals surface area contributed by atoms with Crippen molar-refractivity contribution in [3.8, 4) is 0 Å². The van der Waals surface area contributed by atoms with Crippen molar-refractivity contribution in [3.63, 3.8) is 0 Å². The summed E-state index contributed by atoms with van der Waals surface area (Å²) in [5, 5.41) is 18.1. The van der Waals surface area contributed by atoms with Gasteiger partial charge >= 0.3 is 5.97 Å². The van der Waals surface area contributed by atoms with Crippen LogP contribution in [0.25, 0.3) is 5.57 Å². The summed E-state index contributed by atoms with van der Waals surface area (Å²) in [5.74, 6) is 0.810. The predicted molar refractivity (Wildman–Crippen MR) is 141 cm³/mol. The van der Waals surface area contributed by atoms with Crippen LogP contribution in [-0.2, 0) is 9.47 Å². The fourth-order valence-corrected chi connectivity index (χ4v) is 4.33. The molecular formula is C24H33N7O4S. The molecule has 1 amide bonds. The average molecular weight is 516 g/mol. The maximum atomic E-state index is 13.0. The van der Waals surface area contributed by atoms with Crippen LogP contribution in [0.3, 0.4) is 0 Å². The van der Waals surface area contributed by atoms with Gasteiger partial charge in [-0.3, -0.25) is 9.48 Å². The van der Waals surface area contributed by atoms with E-state index in [1.165, 1.54) is 13.3 Å². The summed E-state index contributed by atoms with van der Waals surface area (Å²) in [6, 6.07) is 5.07. The van der Waals surface area contributed by atoms with Crippen molar-refractivity contribution in [1.82, 2.24) is 20.1 Å². The molecule has 1 aliphatic rings. The molecule has 5 N–H and O–H groups in total. The van der Waals surface area contributed by atoms with E-state index in [1.807, 2.05) is 0 Å². The third kappa shape index (κ3) is 7.64. The maximum absolute atomic E-state index is 13.0. The predicted octanol–water partition coefficient (Wildman–Crippen LogP) is 2.33. The molecule has 0 unspecified atom stereocenters. The second kappa shape index (κ2) is 14.4. The molecule has 1 fully saturated rings. The summed E-state index contributed by atoms with van der Waals surface area (Å²) in [6.45, 7) is 2.65. The number of esters is 1. The van der Waals surface area contributed by atoms with Crippen LogP contribution in [0, 0.1) is 5.41 Å². The summed E-state index contributed by atoms with van der Waals surface area (Å²) in [4.78, 5) is 29.7. The van der Waals surface area contributed by atoms with E-state index in [1.54, 1.807) is 47.0 Å². The van der Waals surface area contributed by atoms with Gasteiger partial charge in [0, 0.05) is 56.2 Å². The molecule has 2 aromatic rings. The number of thioether (sulfide) groups is 1. The van der Waals surface area contributed by atoms with Crippen molar-refractivity contribution in [3.05, 3.63) is 47.7 Å². The van der Waals surface area contributed by atoms with Gasteiger partial charge in [-0.25, -0.2) is 9.78 Å². The van der Waals surface area contributed by atoms with Crippen LogP contribution < -0.4 is 16.4 Å². The van der Waals surface area contributed by atoms with Gasteiger partial charge < -0.3 is 31.3 Å². The highest BCUT2D eigenvalue weighted by Crippen LogP contribution is 2.25. The first-order chi connectivity index (χ1) is 17.6. The highest BCUT2D eigenvalue weighted by atomic mass is 32.2. The van der Waals surface area contributed by atoms with Crippen molar-refractivity contribution >= 4 is 41.1 Å². The van der Waals surface area contributed by atoms with Crippen LogP contribution in [0.4, 0.5) is 5.69 Å². The molecule has 11 nitrogen and oxygen atoms in total. The van der Waals surface area contributed by atoms with Gasteiger partial charge in [0.1, 0.15) is 5.69 Å². The van der Waals surface area contributed by atoms with Gasteiger partial charge in [0.25, 0.3) is 5.91 Å². The van der Waals surface area contributed by atoms with Crippen LogP contribution in [0.1, 0.15) is 52.0 Å². The van der Waals surface area contributed by atoms with E-state index in [9.17, 15) is 9.59 Å². The molecule has 1 aliphatic heterocycles. The molecule has 2 aromatic heterocycles. The van der Waals surface area contributed by atoms with E-state index < -0.39 is 11.9 Å². The summed E-state index contributed by atoms with van der Waals surface area (Å²) >= 11 is 1.81. The Balaban J connectivity index is 1.70. The standard InChI is InChI=1S/C24H33N7O4S/c1-34-24(33)22-21(16-31(30-22)18-6-10-35-11-7-18)29-23(32)20-5-2-4-19(28-20)17(14-26)15-27-9-3-12-36-13-8-25/h2,4-5,14-16,18,26-27H,3,6-13,25H2,1H3,(H,29,32)/b17-15+,26-14?. The number of hydrogen-bond donors (Lipinski definition) is 4. The number of amides is 1. The van der Waals surface area contributed by atoms with Gasteiger partial charge in [0.2, 0.25) is 0 Å². The lowest BCUT2D eigenvalue weighted by molar-refractivity contribution is 0.0583. The number of allylic oxidation sites excluding steroid dienone is 1. The third-order valence-electron chi connectivity index (χ3n) is 5.49. The minimum absolute atomic E-state index is 0.0300. The maximum Gasteiger partial charge on any atom is 0.360 e. The number of nitrogens with two attached hydrogens (primary N) is 1. The molecular weight excluding hydrogens is 482 g/mol. The van der Waals surface area contributed by atoms with Crippen molar-refractivity contribution in [2.45, 2.75) is 25.3 Å². The fraction of sp³-hybridized carbons (Fsp3) is 0.458. The largest absolute Gasteiger partial charge is 0.464 e. The van der Waals surface area contributed by atoms with Gasteiger partial charge in [-0.2, -0.15) is 16.9 Å². The molecule has 194 valence electrons. The first-order valence-electron chi connectivity index (χ1n) is 11.8.